The molecule has 0 bridgehead atoms. The Balaban J connectivity index is 1.13. The quantitative estimate of drug-likeness (QED) is 0.235. The molecule has 2 aliphatic heterocycles. The van der Waals surface area contributed by atoms with Gasteiger partial charge in [0.2, 0.25) is 0 Å². The molecule has 1 fully saturated rings. The normalized spacial score (nSPS) is 18.2. The lowest BCUT2D eigenvalue weighted by Crippen LogP contribution is -2.37. The van der Waals surface area contributed by atoms with Gasteiger partial charge in [0.15, 0.2) is 5.58 Å². The third-order valence-electron chi connectivity index (χ3n) is 8.59. The van der Waals surface area contributed by atoms with Crippen LogP contribution in [0.1, 0.15) is 92.4 Å². The molecule has 0 aliphatic carbocycles. The highest BCUT2D eigenvalue weighted by molar-refractivity contribution is 5.79. The Morgan fingerprint density at radius 3 is 2.75 bits per heavy atom. The van der Waals surface area contributed by atoms with Crippen molar-refractivity contribution in [3.63, 3.8) is 0 Å². The molecule has 2 aromatic heterocycles. The average Bonchev–Trinajstić information content (AvgIpc) is 3.36. The van der Waals surface area contributed by atoms with Crippen molar-refractivity contribution in [3.05, 3.63) is 57.1 Å². The second-order valence-corrected chi connectivity index (χ2v) is 11.2. The zero-order valence-electron chi connectivity index (χ0n) is 23.2. The molecule has 3 aromatic rings. The summed E-state index contributed by atoms with van der Waals surface area (Å²) < 4.78 is 25.4. The summed E-state index contributed by atoms with van der Waals surface area (Å²) in [7, 11) is 0. The van der Waals surface area contributed by atoms with Crippen molar-refractivity contribution in [1.82, 2.24) is 19.6 Å². The number of aromatic nitrogens is 3. The molecule has 1 atom stereocenters. The molecule has 2 aliphatic rings. The number of nitrogens with zero attached hydrogens (tertiary/aromatic N) is 4. The molecule has 0 saturated carbocycles. The predicted molar refractivity (Wildman–Crippen MR) is 148 cm³/mol. The fourth-order valence-corrected chi connectivity index (χ4v) is 6.37. The second kappa shape index (κ2) is 12.9. The summed E-state index contributed by atoms with van der Waals surface area (Å²) in [6.45, 7) is 5.62. The van der Waals surface area contributed by atoms with Crippen LogP contribution >= 0.6 is 0 Å². The number of aryl methyl sites for hydroxylation is 1. The Morgan fingerprint density at radius 1 is 1.15 bits per heavy atom. The molecule has 10 heteroatoms. The maximum absolute atomic E-state index is 13.5. The summed E-state index contributed by atoms with van der Waals surface area (Å²) in [5.41, 5.74) is 3.22. The molecule has 216 valence electrons. The first-order valence-electron chi connectivity index (χ1n) is 14.6. The highest BCUT2D eigenvalue weighted by Gasteiger charge is 2.27. The van der Waals surface area contributed by atoms with E-state index in [2.05, 4.69) is 14.8 Å². The van der Waals surface area contributed by atoms with E-state index in [1.54, 1.807) is 6.07 Å². The Kier molecular flexibility index (Phi) is 9.14. The van der Waals surface area contributed by atoms with Gasteiger partial charge in [-0.25, -0.2) is 14.2 Å². The summed E-state index contributed by atoms with van der Waals surface area (Å²) in [6.07, 6.45) is 8.15. The summed E-state index contributed by atoms with van der Waals surface area (Å²) in [6, 6.07) is 4.60. The van der Waals surface area contributed by atoms with Crippen LogP contribution in [0.2, 0.25) is 0 Å². The third-order valence-corrected chi connectivity index (χ3v) is 8.59. The van der Waals surface area contributed by atoms with Crippen molar-refractivity contribution in [2.45, 2.75) is 89.5 Å². The van der Waals surface area contributed by atoms with Gasteiger partial charge in [0.05, 0.1) is 12.3 Å². The molecule has 5 rings (SSSR count). The number of hydrogen-bond donors (Lipinski definition) is 1. The monoisotopic (exact) mass is 554 g/mol. The number of likely N-dealkylation sites (tertiary alicyclic amines) is 1. The van der Waals surface area contributed by atoms with Gasteiger partial charge in [-0.2, -0.15) is 0 Å². The van der Waals surface area contributed by atoms with Crippen LogP contribution in [-0.2, 0) is 17.7 Å². The largest absolute Gasteiger partial charge is 0.505 e. The number of piperidine rings is 1. The van der Waals surface area contributed by atoms with E-state index in [0.29, 0.717) is 17.9 Å². The summed E-state index contributed by atoms with van der Waals surface area (Å²) in [5.74, 6) is 1.21. The van der Waals surface area contributed by atoms with Crippen LogP contribution < -0.4 is 5.56 Å². The van der Waals surface area contributed by atoms with E-state index in [4.69, 9.17) is 14.6 Å². The van der Waals surface area contributed by atoms with Crippen LogP contribution in [-0.4, -0.2) is 57.1 Å². The van der Waals surface area contributed by atoms with E-state index in [9.17, 15) is 14.0 Å². The molecule has 0 radical (unpaired) electrons. The molecule has 0 spiro atoms. The van der Waals surface area contributed by atoms with Gasteiger partial charge in [0.1, 0.15) is 11.6 Å². The van der Waals surface area contributed by atoms with E-state index < -0.39 is 6.16 Å². The van der Waals surface area contributed by atoms with Crippen molar-refractivity contribution >= 4 is 17.1 Å². The number of unbranched alkanes of at least 4 members (excludes halogenated alkanes) is 3. The molecule has 4 heterocycles. The molecular formula is C30H39FN4O5. The highest BCUT2D eigenvalue weighted by Crippen LogP contribution is 2.33. The molecule has 1 aromatic carbocycles. The van der Waals surface area contributed by atoms with Crippen LogP contribution in [0, 0.1) is 12.7 Å². The maximum Gasteiger partial charge on any atom is 0.505 e. The number of benzene rings is 1. The van der Waals surface area contributed by atoms with E-state index in [1.165, 1.54) is 12.1 Å². The minimum atomic E-state index is -1.22. The highest BCUT2D eigenvalue weighted by atomic mass is 19.1. The standard InChI is InChI=1S/C30H39FN4O5/c1-20-24(13-17-34-15-11-21(12-16-34)27-25-10-9-23(31)19-26(25)40-33-27)29(36)35-14-6-8-22(28(35)32-20)7-4-2-3-5-18-39-30(37)38/h9-10,19,21-22H,2-8,11-18H2,1H3,(H,37,38). The molecule has 1 unspecified atom stereocenters. The molecule has 1 saturated heterocycles. The summed E-state index contributed by atoms with van der Waals surface area (Å²) in [4.78, 5) is 31.3. The first-order chi connectivity index (χ1) is 19.4. The van der Waals surface area contributed by atoms with Crippen molar-refractivity contribution in [1.29, 1.82) is 0 Å². The second-order valence-electron chi connectivity index (χ2n) is 11.2. The van der Waals surface area contributed by atoms with Crippen LogP contribution in [0.15, 0.2) is 27.5 Å². The first kappa shape index (κ1) is 28.3. The molecule has 1 N–H and O–H groups in total. The van der Waals surface area contributed by atoms with E-state index in [-0.39, 0.29) is 23.9 Å². The predicted octanol–water partition coefficient (Wildman–Crippen LogP) is 5.78. The number of ether oxygens (including phenoxy) is 1. The Bertz CT molecular complexity index is 1380. The van der Waals surface area contributed by atoms with Gasteiger partial charge in [-0.1, -0.05) is 24.4 Å². The third kappa shape index (κ3) is 6.54. The number of halogens is 1. The molecule has 9 nitrogen and oxygen atoms in total. The van der Waals surface area contributed by atoms with E-state index in [1.807, 2.05) is 11.5 Å². The van der Waals surface area contributed by atoms with Gasteiger partial charge in [0.25, 0.3) is 5.56 Å². The lowest BCUT2D eigenvalue weighted by atomic mass is 9.91. The van der Waals surface area contributed by atoms with Crippen molar-refractivity contribution in [2.24, 2.45) is 0 Å². The SMILES string of the molecule is Cc1nc2n(c(=O)c1CCN1CCC(c3noc4cc(F)ccc34)CC1)CCCC2CCCCCCOC(=O)O. The number of hydrogen-bond acceptors (Lipinski definition) is 7. The number of carbonyl (C=O) groups is 1. The van der Waals surface area contributed by atoms with Crippen molar-refractivity contribution < 1.29 is 23.6 Å². The van der Waals surface area contributed by atoms with E-state index >= 15 is 0 Å². The lowest BCUT2D eigenvalue weighted by molar-refractivity contribution is 0.0899. The van der Waals surface area contributed by atoms with Gasteiger partial charge < -0.3 is 19.3 Å². The zero-order chi connectivity index (χ0) is 28.1. The van der Waals surface area contributed by atoms with Crippen molar-refractivity contribution in [2.75, 3.05) is 26.2 Å². The van der Waals surface area contributed by atoms with Crippen LogP contribution in [0.25, 0.3) is 11.0 Å². The van der Waals surface area contributed by atoms with E-state index in [0.717, 1.165) is 112 Å². The Labute approximate surface area is 233 Å². The van der Waals surface area contributed by atoms with Gasteiger partial charge in [-0.05, 0) is 77.1 Å². The smallest absolute Gasteiger partial charge is 0.450 e. The minimum Gasteiger partial charge on any atom is -0.450 e. The number of rotatable bonds is 11. The Morgan fingerprint density at radius 2 is 1.95 bits per heavy atom. The zero-order valence-corrected chi connectivity index (χ0v) is 23.2. The fourth-order valence-electron chi connectivity index (χ4n) is 6.37. The van der Waals surface area contributed by atoms with Crippen molar-refractivity contribution in [3.8, 4) is 0 Å². The molecule has 40 heavy (non-hydrogen) atoms. The van der Waals surface area contributed by atoms with Gasteiger partial charge in [0, 0.05) is 47.6 Å². The first-order valence-corrected chi connectivity index (χ1v) is 14.6. The van der Waals surface area contributed by atoms with Crippen LogP contribution in [0.5, 0.6) is 0 Å². The van der Waals surface area contributed by atoms with Crippen LogP contribution in [0.4, 0.5) is 9.18 Å². The fraction of sp³-hybridized carbons (Fsp3) is 0.600. The van der Waals surface area contributed by atoms with Crippen LogP contribution in [0.3, 0.4) is 0 Å². The number of carboxylic acid groups (broad SMARTS) is 1. The Hall–Kier alpha value is -3.27. The van der Waals surface area contributed by atoms with Gasteiger partial charge in [-0.15, -0.1) is 0 Å². The average molecular weight is 555 g/mol. The van der Waals surface area contributed by atoms with Gasteiger partial charge >= 0.3 is 6.16 Å². The molecular weight excluding hydrogens is 515 g/mol. The number of fused-ring (bicyclic) bond motifs is 2. The molecule has 0 amide bonds. The van der Waals surface area contributed by atoms with Gasteiger partial charge in [-0.3, -0.25) is 9.36 Å². The lowest BCUT2D eigenvalue weighted by Gasteiger charge is -2.31. The maximum atomic E-state index is 13.5. The topological polar surface area (TPSA) is 111 Å². The summed E-state index contributed by atoms with van der Waals surface area (Å²) in [5, 5.41) is 13.7. The minimum absolute atomic E-state index is 0.120. The summed E-state index contributed by atoms with van der Waals surface area (Å²) >= 11 is 0.